The van der Waals surface area contributed by atoms with E-state index in [0.717, 1.165) is 5.56 Å². The van der Waals surface area contributed by atoms with Crippen LogP contribution in [-0.2, 0) is 11.4 Å². The number of carbonyl (C=O) groups is 1. The zero-order valence-corrected chi connectivity index (χ0v) is 12.1. The second-order valence-electron chi connectivity index (χ2n) is 4.65. The van der Waals surface area contributed by atoms with Gasteiger partial charge in [-0.25, -0.2) is 4.39 Å². The molecule has 0 aliphatic heterocycles. The number of benzene rings is 2. The number of hydrogen-bond acceptors (Lipinski definition) is 3. The third-order valence-corrected chi connectivity index (χ3v) is 2.99. The van der Waals surface area contributed by atoms with E-state index in [2.05, 4.69) is 0 Å². The lowest BCUT2D eigenvalue weighted by Gasteiger charge is -2.12. The largest absolute Gasteiger partial charge is 0.489 e. The van der Waals surface area contributed by atoms with Crippen molar-refractivity contribution in [3.63, 3.8) is 0 Å². The van der Waals surface area contributed by atoms with Crippen molar-refractivity contribution in [1.29, 1.82) is 0 Å². The highest BCUT2D eigenvalue weighted by molar-refractivity contribution is 5.72. The van der Waals surface area contributed by atoms with Crippen LogP contribution in [0.1, 0.15) is 24.5 Å². The summed E-state index contributed by atoms with van der Waals surface area (Å²) in [4.78, 5) is 11.4. The summed E-state index contributed by atoms with van der Waals surface area (Å²) in [7, 11) is 0. The molecule has 21 heavy (non-hydrogen) atoms. The fourth-order valence-electron chi connectivity index (χ4n) is 1.76. The maximum absolute atomic E-state index is 13.9. The van der Waals surface area contributed by atoms with Crippen molar-refractivity contribution < 1.29 is 18.7 Å². The van der Waals surface area contributed by atoms with Crippen molar-refractivity contribution >= 4 is 5.97 Å². The molecular formula is C17H17FO3. The maximum Gasteiger partial charge on any atom is 0.310 e. The smallest absolute Gasteiger partial charge is 0.310 e. The molecule has 0 saturated heterocycles. The Labute approximate surface area is 123 Å². The zero-order valence-electron chi connectivity index (χ0n) is 12.1. The summed E-state index contributed by atoms with van der Waals surface area (Å²) in [6.45, 7) is 3.66. The number of halogens is 1. The Morgan fingerprint density at radius 1 is 1.14 bits per heavy atom. The molecule has 0 bridgehead atoms. The van der Waals surface area contributed by atoms with E-state index in [4.69, 9.17) is 9.47 Å². The van der Waals surface area contributed by atoms with Crippen LogP contribution < -0.4 is 9.47 Å². The Morgan fingerprint density at radius 3 is 2.52 bits per heavy atom. The van der Waals surface area contributed by atoms with Crippen molar-refractivity contribution in [1.82, 2.24) is 0 Å². The van der Waals surface area contributed by atoms with E-state index in [9.17, 15) is 9.18 Å². The van der Waals surface area contributed by atoms with E-state index in [0.29, 0.717) is 5.75 Å². The van der Waals surface area contributed by atoms with Gasteiger partial charge in [0.15, 0.2) is 0 Å². The van der Waals surface area contributed by atoms with Crippen LogP contribution in [0.3, 0.4) is 0 Å². The fraction of sp³-hybridized carbons (Fsp3) is 0.235. The molecule has 0 N–H and O–H groups in total. The molecule has 0 spiro atoms. The molecule has 4 heteroatoms. The number of aryl methyl sites for hydroxylation is 1. The van der Waals surface area contributed by atoms with E-state index in [1.54, 1.807) is 13.0 Å². The third-order valence-electron chi connectivity index (χ3n) is 2.99. The lowest BCUT2D eigenvalue weighted by atomic mass is 10.2. The van der Waals surface area contributed by atoms with Gasteiger partial charge in [-0.1, -0.05) is 30.7 Å². The predicted octanol–water partition coefficient (Wildman–Crippen LogP) is 4.03. The summed E-state index contributed by atoms with van der Waals surface area (Å²) in [6, 6.07) is 11.8. The van der Waals surface area contributed by atoms with Gasteiger partial charge in [-0.3, -0.25) is 4.79 Å². The van der Waals surface area contributed by atoms with Gasteiger partial charge in [0.1, 0.15) is 23.9 Å². The highest BCUT2D eigenvalue weighted by Gasteiger charge is 2.13. The van der Waals surface area contributed by atoms with E-state index in [1.807, 2.05) is 31.2 Å². The van der Waals surface area contributed by atoms with Gasteiger partial charge in [0.2, 0.25) is 0 Å². The molecule has 0 fully saturated rings. The predicted molar refractivity (Wildman–Crippen MR) is 77.8 cm³/mol. The van der Waals surface area contributed by atoms with Gasteiger partial charge in [0.25, 0.3) is 0 Å². The minimum Gasteiger partial charge on any atom is -0.489 e. The molecule has 0 unspecified atom stereocenters. The molecule has 2 aromatic rings. The highest BCUT2D eigenvalue weighted by atomic mass is 19.1. The van der Waals surface area contributed by atoms with Crippen molar-refractivity contribution in [2.24, 2.45) is 0 Å². The number of carbonyl (C=O) groups excluding carboxylic acids is 1. The Kier molecular flexibility index (Phi) is 4.93. The van der Waals surface area contributed by atoms with E-state index in [1.165, 1.54) is 12.1 Å². The summed E-state index contributed by atoms with van der Waals surface area (Å²) >= 11 is 0. The standard InChI is InChI=1S/C17H17FO3/c1-3-17(19)21-16-6-4-5-15(18)14(16)11-20-13-9-7-12(2)8-10-13/h4-10H,3,11H2,1-2H3. The first-order chi connectivity index (χ1) is 10.1. The van der Waals surface area contributed by atoms with Crippen molar-refractivity contribution in [3.05, 3.63) is 59.4 Å². The van der Waals surface area contributed by atoms with Crippen LogP contribution in [0.5, 0.6) is 11.5 Å². The number of esters is 1. The van der Waals surface area contributed by atoms with Crippen LogP contribution in [0.15, 0.2) is 42.5 Å². The molecule has 0 aliphatic rings. The third kappa shape index (κ3) is 4.05. The molecule has 110 valence electrons. The maximum atomic E-state index is 13.9. The number of rotatable bonds is 5. The van der Waals surface area contributed by atoms with Crippen molar-refractivity contribution in [3.8, 4) is 11.5 Å². The molecule has 2 aromatic carbocycles. The van der Waals surface area contributed by atoms with Crippen LogP contribution in [0, 0.1) is 12.7 Å². The Morgan fingerprint density at radius 2 is 1.86 bits per heavy atom. The van der Waals surface area contributed by atoms with Crippen molar-refractivity contribution in [2.45, 2.75) is 26.9 Å². The van der Waals surface area contributed by atoms with Crippen molar-refractivity contribution in [2.75, 3.05) is 0 Å². The van der Waals surface area contributed by atoms with Crippen LogP contribution in [0.4, 0.5) is 4.39 Å². The number of ether oxygens (including phenoxy) is 2. The number of hydrogen-bond donors (Lipinski definition) is 0. The second kappa shape index (κ2) is 6.88. The summed E-state index contributed by atoms with van der Waals surface area (Å²) in [5, 5.41) is 0. The highest BCUT2D eigenvalue weighted by Crippen LogP contribution is 2.24. The summed E-state index contributed by atoms with van der Waals surface area (Å²) in [5.41, 5.74) is 1.35. The lowest BCUT2D eigenvalue weighted by molar-refractivity contribution is -0.134. The van der Waals surface area contributed by atoms with Gasteiger partial charge < -0.3 is 9.47 Å². The molecule has 2 rings (SSSR count). The molecule has 0 saturated carbocycles. The topological polar surface area (TPSA) is 35.5 Å². The first kappa shape index (κ1) is 15.0. The Bertz CT molecular complexity index is 620. The van der Waals surface area contributed by atoms with Gasteiger partial charge in [0, 0.05) is 6.42 Å². The molecular weight excluding hydrogens is 271 g/mol. The minimum absolute atomic E-state index is 0.00205. The van der Waals surface area contributed by atoms with Gasteiger partial charge in [-0.05, 0) is 31.2 Å². The van der Waals surface area contributed by atoms with E-state index < -0.39 is 11.8 Å². The summed E-state index contributed by atoms with van der Waals surface area (Å²) < 4.78 is 24.6. The monoisotopic (exact) mass is 288 g/mol. The van der Waals surface area contributed by atoms with E-state index >= 15 is 0 Å². The lowest BCUT2D eigenvalue weighted by Crippen LogP contribution is -2.09. The van der Waals surface area contributed by atoms with Gasteiger partial charge in [0.05, 0.1) is 5.56 Å². The van der Waals surface area contributed by atoms with Crippen LogP contribution in [-0.4, -0.2) is 5.97 Å². The quantitative estimate of drug-likeness (QED) is 0.615. The summed E-state index contributed by atoms with van der Waals surface area (Å²) in [5.74, 6) is -0.0220. The first-order valence-corrected chi connectivity index (χ1v) is 6.77. The second-order valence-corrected chi connectivity index (χ2v) is 4.65. The molecule has 0 amide bonds. The molecule has 0 heterocycles. The molecule has 0 aliphatic carbocycles. The van der Waals surface area contributed by atoms with Gasteiger partial charge in [-0.15, -0.1) is 0 Å². The average Bonchev–Trinajstić information content (AvgIpc) is 2.48. The van der Waals surface area contributed by atoms with E-state index in [-0.39, 0.29) is 24.3 Å². The fourth-order valence-corrected chi connectivity index (χ4v) is 1.76. The molecule has 0 radical (unpaired) electrons. The van der Waals surface area contributed by atoms with Gasteiger partial charge in [-0.2, -0.15) is 0 Å². The molecule has 0 atom stereocenters. The first-order valence-electron chi connectivity index (χ1n) is 6.77. The van der Waals surface area contributed by atoms with Gasteiger partial charge >= 0.3 is 5.97 Å². The zero-order chi connectivity index (χ0) is 15.2. The SMILES string of the molecule is CCC(=O)Oc1cccc(F)c1COc1ccc(C)cc1. The molecule has 3 nitrogen and oxygen atoms in total. The van der Waals surface area contributed by atoms with Crippen LogP contribution in [0.25, 0.3) is 0 Å². The Hall–Kier alpha value is -2.36. The average molecular weight is 288 g/mol. The minimum atomic E-state index is -0.455. The summed E-state index contributed by atoms with van der Waals surface area (Å²) in [6.07, 6.45) is 0.231. The Balaban J connectivity index is 2.14. The van der Waals surface area contributed by atoms with Crippen LogP contribution >= 0.6 is 0 Å². The molecule has 0 aromatic heterocycles. The normalized spacial score (nSPS) is 10.2. The van der Waals surface area contributed by atoms with Crippen LogP contribution in [0.2, 0.25) is 0 Å².